The van der Waals surface area contributed by atoms with Crippen LogP contribution in [0.2, 0.25) is 0 Å². The number of para-hydroxylation sites is 2. The monoisotopic (exact) mass is 373 g/mol. The summed E-state index contributed by atoms with van der Waals surface area (Å²) in [5, 5.41) is 2.97. The molecule has 2 aliphatic heterocycles. The van der Waals surface area contributed by atoms with Gasteiger partial charge < -0.3 is 15.0 Å². The number of likely N-dealkylation sites (tertiary alicyclic amines) is 1. The minimum absolute atomic E-state index is 0.0375. The lowest BCUT2D eigenvalue weighted by molar-refractivity contribution is -0.129. The fourth-order valence-electron chi connectivity index (χ4n) is 3.90. The van der Waals surface area contributed by atoms with Crippen molar-refractivity contribution in [1.82, 2.24) is 10.2 Å². The van der Waals surface area contributed by atoms with Crippen molar-refractivity contribution in [2.45, 2.75) is 58.1 Å². The SMILES string of the molecule is CC[C@H]1Oc2ccccc2N(CC(=O)NCCCN2CCCC[C@@H]2C)C1=O. The molecule has 2 aliphatic rings. The number of anilines is 1. The first-order valence-corrected chi connectivity index (χ1v) is 10.2. The number of nitrogens with one attached hydrogen (secondary N) is 1. The third-order valence-corrected chi connectivity index (χ3v) is 5.52. The van der Waals surface area contributed by atoms with Crippen molar-refractivity contribution in [1.29, 1.82) is 0 Å². The van der Waals surface area contributed by atoms with Crippen molar-refractivity contribution < 1.29 is 14.3 Å². The van der Waals surface area contributed by atoms with Crippen LogP contribution in [0.4, 0.5) is 5.69 Å². The maximum absolute atomic E-state index is 12.6. The number of hydrogen-bond acceptors (Lipinski definition) is 4. The molecule has 27 heavy (non-hydrogen) atoms. The molecule has 1 saturated heterocycles. The van der Waals surface area contributed by atoms with Gasteiger partial charge in [0.25, 0.3) is 5.91 Å². The minimum Gasteiger partial charge on any atom is -0.478 e. The highest BCUT2D eigenvalue weighted by Crippen LogP contribution is 2.34. The van der Waals surface area contributed by atoms with E-state index < -0.39 is 6.10 Å². The number of rotatable bonds is 7. The van der Waals surface area contributed by atoms with E-state index in [0.717, 1.165) is 19.5 Å². The highest BCUT2D eigenvalue weighted by Gasteiger charge is 2.34. The normalized spacial score (nSPS) is 22.9. The number of nitrogens with zero attached hydrogens (tertiary/aromatic N) is 2. The van der Waals surface area contributed by atoms with Crippen molar-refractivity contribution in [3.63, 3.8) is 0 Å². The van der Waals surface area contributed by atoms with Gasteiger partial charge in [-0.3, -0.25) is 14.5 Å². The maximum atomic E-state index is 12.6. The molecule has 0 spiro atoms. The molecule has 1 N–H and O–H groups in total. The van der Waals surface area contributed by atoms with Crippen LogP contribution in [0.25, 0.3) is 0 Å². The molecule has 1 aromatic carbocycles. The fourth-order valence-corrected chi connectivity index (χ4v) is 3.90. The molecule has 0 bridgehead atoms. The van der Waals surface area contributed by atoms with Gasteiger partial charge in [0.1, 0.15) is 12.3 Å². The predicted octanol–water partition coefficient (Wildman–Crippen LogP) is 2.57. The van der Waals surface area contributed by atoms with Crippen LogP contribution < -0.4 is 15.0 Å². The van der Waals surface area contributed by atoms with Gasteiger partial charge in [-0.05, 0) is 51.3 Å². The van der Waals surface area contributed by atoms with Crippen LogP contribution in [0.1, 0.15) is 46.0 Å². The number of fused-ring (bicyclic) bond motifs is 1. The van der Waals surface area contributed by atoms with Crippen LogP contribution >= 0.6 is 0 Å². The lowest BCUT2D eigenvalue weighted by atomic mass is 10.0. The first kappa shape index (κ1) is 19.7. The second-order valence-corrected chi connectivity index (χ2v) is 7.49. The lowest BCUT2D eigenvalue weighted by Crippen LogP contribution is -2.49. The van der Waals surface area contributed by atoms with Crippen molar-refractivity contribution in [2.24, 2.45) is 0 Å². The topological polar surface area (TPSA) is 61.9 Å². The Balaban J connectivity index is 1.50. The van der Waals surface area contributed by atoms with Crippen LogP contribution in [-0.4, -0.2) is 55.0 Å². The Bertz CT molecular complexity index is 664. The zero-order valence-electron chi connectivity index (χ0n) is 16.4. The van der Waals surface area contributed by atoms with Gasteiger partial charge in [0.15, 0.2) is 6.10 Å². The quantitative estimate of drug-likeness (QED) is 0.746. The van der Waals surface area contributed by atoms with Gasteiger partial charge >= 0.3 is 0 Å². The highest BCUT2D eigenvalue weighted by molar-refractivity contribution is 6.03. The number of ether oxygens (including phenoxy) is 1. The maximum Gasteiger partial charge on any atom is 0.268 e. The molecule has 6 heteroatoms. The Morgan fingerprint density at radius 1 is 1.30 bits per heavy atom. The first-order valence-electron chi connectivity index (χ1n) is 10.2. The van der Waals surface area contributed by atoms with Crippen molar-refractivity contribution in [2.75, 3.05) is 31.1 Å². The number of benzene rings is 1. The van der Waals surface area contributed by atoms with Gasteiger partial charge in [0, 0.05) is 19.1 Å². The smallest absolute Gasteiger partial charge is 0.268 e. The van der Waals surface area contributed by atoms with E-state index in [1.807, 2.05) is 31.2 Å². The second kappa shape index (κ2) is 9.22. The van der Waals surface area contributed by atoms with E-state index in [9.17, 15) is 9.59 Å². The standard InChI is InChI=1S/C21H31N3O3/c1-3-18-21(26)24(17-10-4-5-11-19(17)27-18)15-20(25)22-12-8-14-23-13-7-6-9-16(23)2/h4-5,10-11,16,18H,3,6-9,12-15H2,1-2H3,(H,22,25)/t16-,18+/m0/s1. The summed E-state index contributed by atoms with van der Waals surface area (Å²) in [6, 6.07) is 8.04. The molecule has 2 atom stereocenters. The fraction of sp³-hybridized carbons (Fsp3) is 0.619. The third kappa shape index (κ3) is 4.80. The molecule has 2 heterocycles. The zero-order chi connectivity index (χ0) is 19.2. The molecule has 6 nitrogen and oxygen atoms in total. The van der Waals surface area contributed by atoms with E-state index in [0.29, 0.717) is 30.4 Å². The number of amides is 2. The van der Waals surface area contributed by atoms with Gasteiger partial charge in [-0.15, -0.1) is 0 Å². The summed E-state index contributed by atoms with van der Waals surface area (Å²) in [5.41, 5.74) is 0.671. The van der Waals surface area contributed by atoms with E-state index >= 15 is 0 Å². The average molecular weight is 373 g/mol. The van der Waals surface area contributed by atoms with Crippen LogP contribution in [0, 0.1) is 0 Å². The number of hydrogen-bond donors (Lipinski definition) is 1. The molecular weight excluding hydrogens is 342 g/mol. The largest absolute Gasteiger partial charge is 0.478 e. The van der Waals surface area contributed by atoms with E-state index in [-0.39, 0.29) is 18.4 Å². The summed E-state index contributed by atoms with van der Waals surface area (Å²) in [5.74, 6) is 0.394. The van der Waals surface area contributed by atoms with Crippen LogP contribution in [0.3, 0.4) is 0 Å². The van der Waals surface area contributed by atoms with Crippen LogP contribution in [0.15, 0.2) is 24.3 Å². The summed E-state index contributed by atoms with van der Waals surface area (Å²) < 4.78 is 5.75. The number of carbonyl (C=O) groups excluding carboxylic acids is 2. The van der Waals surface area contributed by atoms with Crippen molar-refractivity contribution in [3.05, 3.63) is 24.3 Å². The van der Waals surface area contributed by atoms with E-state index in [1.54, 1.807) is 4.90 Å². The summed E-state index contributed by atoms with van der Waals surface area (Å²) in [4.78, 5) is 29.1. The molecule has 1 aromatic rings. The van der Waals surface area contributed by atoms with Gasteiger partial charge in [-0.25, -0.2) is 0 Å². The molecule has 0 unspecified atom stereocenters. The molecule has 0 aromatic heterocycles. The van der Waals surface area contributed by atoms with E-state index in [2.05, 4.69) is 17.1 Å². The van der Waals surface area contributed by atoms with Gasteiger partial charge in [0.2, 0.25) is 5.91 Å². The molecule has 0 saturated carbocycles. The summed E-state index contributed by atoms with van der Waals surface area (Å²) in [6.45, 7) is 7.04. The predicted molar refractivity (Wildman–Crippen MR) is 106 cm³/mol. The van der Waals surface area contributed by atoms with Crippen LogP contribution in [-0.2, 0) is 9.59 Å². The zero-order valence-corrected chi connectivity index (χ0v) is 16.4. The summed E-state index contributed by atoms with van der Waals surface area (Å²) in [7, 11) is 0. The Labute approximate surface area is 161 Å². The molecule has 1 fully saturated rings. The molecule has 0 radical (unpaired) electrons. The Morgan fingerprint density at radius 2 is 2.11 bits per heavy atom. The molecule has 148 valence electrons. The van der Waals surface area contributed by atoms with E-state index in [4.69, 9.17) is 4.74 Å². The average Bonchev–Trinajstić information content (AvgIpc) is 2.68. The molecule has 0 aliphatic carbocycles. The summed E-state index contributed by atoms with van der Waals surface area (Å²) >= 11 is 0. The molecule has 2 amide bonds. The Kier molecular flexibility index (Phi) is 6.72. The Morgan fingerprint density at radius 3 is 2.89 bits per heavy atom. The molecular formula is C21H31N3O3. The van der Waals surface area contributed by atoms with E-state index in [1.165, 1.54) is 19.3 Å². The second-order valence-electron chi connectivity index (χ2n) is 7.49. The third-order valence-electron chi connectivity index (χ3n) is 5.52. The highest BCUT2D eigenvalue weighted by atomic mass is 16.5. The molecule has 3 rings (SSSR count). The van der Waals surface area contributed by atoms with Gasteiger partial charge in [-0.1, -0.05) is 25.5 Å². The van der Waals surface area contributed by atoms with Gasteiger partial charge in [0.05, 0.1) is 5.69 Å². The number of piperidine rings is 1. The Hall–Kier alpha value is -2.08. The minimum atomic E-state index is -0.520. The summed E-state index contributed by atoms with van der Waals surface area (Å²) in [6.07, 6.45) is 4.86. The lowest BCUT2D eigenvalue weighted by Gasteiger charge is -2.34. The van der Waals surface area contributed by atoms with Gasteiger partial charge in [-0.2, -0.15) is 0 Å². The van der Waals surface area contributed by atoms with Crippen LogP contribution in [0.5, 0.6) is 5.75 Å². The number of carbonyl (C=O) groups is 2. The first-order chi connectivity index (χ1) is 13.1. The van der Waals surface area contributed by atoms with Crippen molar-refractivity contribution in [3.8, 4) is 5.75 Å². The van der Waals surface area contributed by atoms with Crippen molar-refractivity contribution >= 4 is 17.5 Å².